The summed E-state index contributed by atoms with van der Waals surface area (Å²) in [5, 5.41) is 2.64. The molecule has 1 aliphatic heterocycles. The maximum absolute atomic E-state index is 14.1. The predicted octanol–water partition coefficient (Wildman–Crippen LogP) is 3.28. The summed E-state index contributed by atoms with van der Waals surface area (Å²) in [6, 6.07) is 6.65. The van der Waals surface area contributed by atoms with E-state index in [0.29, 0.717) is 17.0 Å². The van der Waals surface area contributed by atoms with Crippen LogP contribution in [-0.2, 0) is 16.4 Å². The van der Waals surface area contributed by atoms with E-state index in [2.05, 4.69) is 14.6 Å². The van der Waals surface area contributed by atoms with Gasteiger partial charge in [-0.15, -0.1) is 11.3 Å². The van der Waals surface area contributed by atoms with Gasteiger partial charge in [0.15, 0.2) is 0 Å². The third-order valence-corrected chi connectivity index (χ3v) is 7.47. The summed E-state index contributed by atoms with van der Waals surface area (Å²) < 4.78 is 40.5. The van der Waals surface area contributed by atoms with Crippen molar-refractivity contribution >= 4 is 21.4 Å². The molecule has 28 heavy (non-hydrogen) atoms. The first-order valence-corrected chi connectivity index (χ1v) is 12.6. The number of likely N-dealkylation sites (tertiary alicyclic amines) is 1. The van der Waals surface area contributed by atoms with Gasteiger partial charge in [0, 0.05) is 42.5 Å². The van der Waals surface area contributed by atoms with Crippen LogP contribution in [0.15, 0.2) is 29.6 Å². The minimum absolute atomic E-state index is 0.0888. The lowest BCUT2D eigenvalue weighted by molar-refractivity contribution is 0.159. The van der Waals surface area contributed by atoms with E-state index in [-0.39, 0.29) is 17.9 Å². The quantitative estimate of drug-likeness (QED) is 0.742. The Labute approximate surface area is 170 Å². The maximum Gasteiger partial charge on any atom is 0.209 e. The van der Waals surface area contributed by atoms with Gasteiger partial charge in [-0.05, 0) is 37.3 Å². The van der Waals surface area contributed by atoms with E-state index in [1.807, 2.05) is 11.4 Å². The molecule has 152 valence electrons. The van der Waals surface area contributed by atoms with Crippen LogP contribution in [0.25, 0.3) is 10.6 Å². The fourth-order valence-corrected chi connectivity index (χ4v) is 5.89. The molecule has 8 heteroatoms. The Morgan fingerprint density at radius 1 is 1.29 bits per heavy atom. The Morgan fingerprint density at radius 2 is 2.07 bits per heavy atom. The average Bonchev–Trinajstić information content (AvgIpc) is 3.19. The van der Waals surface area contributed by atoms with Gasteiger partial charge in [-0.25, -0.2) is 22.5 Å². The summed E-state index contributed by atoms with van der Waals surface area (Å²) in [4.78, 5) is 7.08. The van der Waals surface area contributed by atoms with Crippen molar-refractivity contribution < 1.29 is 12.8 Å². The zero-order chi connectivity index (χ0) is 19.7. The number of halogens is 1. The van der Waals surface area contributed by atoms with Crippen molar-refractivity contribution in [2.45, 2.75) is 44.2 Å². The van der Waals surface area contributed by atoms with Crippen molar-refractivity contribution in [2.24, 2.45) is 5.92 Å². The van der Waals surface area contributed by atoms with E-state index in [1.54, 1.807) is 12.1 Å². The van der Waals surface area contributed by atoms with Crippen molar-refractivity contribution in [2.75, 3.05) is 19.3 Å². The van der Waals surface area contributed by atoms with Crippen LogP contribution in [0.4, 0.5) is 4.39 Å². The topological polar surface area (TPSA) is 62.3 Å². The van der Waals surface area contributed by atoms with Crippen LogP contribution < -0.4 is 4.72 Å². The van der Waals surface area contributed by atoms with Gasteiger partial charge in [0.2, 0.25) is 10.0 Å². The van der Waals surface area contributed by atoms with E-state index in [4.69, 9.17) is 0 Å². The number of hydrogen-bond donors (Lipinski definition) is 1. The largest absolute Gasteiger partial charge is 0.298 e. The SMILES string of the molecule is CS(=O)(=O)NC1CCN(CC2CCC2)C1Cc1csc(-c2ccccc2F)n1. The standard InChI is InChI=1S/C20H26FN3O2S2/c1-28(25,26)23-18-9-10-24(12-14-5-4-6-14)19(18)11-15-13-27-20(22-15)16-7-2-3-8-17(16)21/h2-3,7-8,13-14,18-19,23H,4-6,9-12H2,1H3. The molecule has 1 aliphatic carbocycles. The Bertz CT molecular complexity index is 927. The molecular weight excluding hydrogens is 397 g/mol. The zero-order valence-electron chi connectivity index (χ0n) is 16.0. The minimum Gasteiger partial charge on any atom is -0.298 e. The van der Waals surface area contributed by atoms with Gasteiger partial charge < -0.3 is 0 Å². The number of nitrogens with one attached hydrogen (secondary N) is 1. The number of thiazole rings is 1. The smallest absolute Gasteiger partial charge is 0.209 e. The second-order valence-corrected chi connectivity index (χ2v) is 10.6. The summed E-state index contributed by atoms with van der Waals surface area (Å²) in [5.74, 6) is 0.455. The number of sulfonamides is 1. The van der Waals surface area contributed by atoms with Crippen molar-refractivity contribution in [3.05, 3.63) is 41.2 Å². The minimum atomic E-state index is -3.26. The second-order valence-electron chi connectivity index (χ2n) is 7.97. The van der Waals surface area contributed by atoms with E-state index in [0.717, 1.165) is 31.1 Å². The highest BCUT2D eigenvalue weighted by atomic mass is 32.2. The summed E-state index contributed by atoms with van der Waals surface area (Å²) >= 11 is 1.44. The monoisotopic (exact) mass is 423 g/mol. The highest BCUT2D eigenvalue weighted by Gasteiger charge is 2.37. The molecule has 2 aromatic rings. The third-order valence-electron chi connectivity index (χ3n) is 5.82. The average molecular weight is 424 g/mol. The van der Waals surface area contributed by atoms with E-state index in [9.17, 15) is 12.8 Å². The lowest BCUT2D eigenvalue weighted by Gasteiger charge is -2.34. The van der Waals surface area contributed by atoms with Crippen LogP contribution in [0.1, 0.15) is 31.4 Å². The van der Waals surface area contributed by atoms with Crippen LogP contribution in [-0.4, -0.2) is 49.7 Å². The molecule has 2 fully saturated rings. The number of hydrogen-bond acceptors (Lipinski definition) is 5. The lowest BCUT2D eigenvalue weighted by Crippen LogP contribution is -2.47. The van der Waals surface area contributed by atoms with Gasteiger partial charge in [0.1, 0.15) is 10.8 Å². The predicted molar refractivity (Wildman–Crippen MR) is 110 cm³/mol. The van der Waals surface area contributed by atoms with Gasteiger partial charge in [-0.3, -0.25) is 4.90 Å². The molecule has 0 amide bonds. The molecule has 2 unspecified atom stereocenters. The van der Waals surface area contributed by atoms with Crippen molar-refractivity contribution in [3.63, 3.8) is 0 Å². The fourth-order valence-electron chi connectivity index (χ4n) is 4.21. The molecule has 0 spiro atoms. The van der Waals surface area contributed by atoms with Crippen LogP contribution >= 0.6 is 11.3 Å². The van der Waals surface area contributed by atoms with Crippen molar-refractivity contribution in [1.82, 2.24) is 14.6 Å². The molecule has 0 radical (unpaired) electrons. The third kappa shape index (κ3) is 4.62. The van der Waals surface area contributed by atoms with Gasteiger partial charge >= 0.3 is 0 Å². The van der Waals surface area contributed by atoms with Crippen molar-refractivity contribution in [3.8, 4) is 10.6 Å². The summed E-state index contributed by atoms with van der Waals surface area (Å²) in [5.41, 5.74) is 1.41. The summed E-state index contributed by atoms with van der Waals surface area (Å²) in [6.07, 6.45) is 6.53. The van der Waals surface area contributed by atoms with E-state index in [1.165, 1.54) is 42.9 Å². The number of nitrogens with zero attached hydrogens (tertiary/aromatic N) is 2. The first-order chi connectivity index (χ1) is 13.4. The fraction of sp³-hybridized carbons (Fsp3) is 0.550. The van der Waals surface area contributed by atoms with Crippen LogP contribution in [0.5, 0.6) is 0 Å². The molecule has 1 aromatic heterocycles. The second kappa shape index (κ2) is 8.18. The molecule has 1 aromatic carbocycles. The Kier molecular flexibility index (Phi) is 5.83. The molecule has 4 rings (SSSR count). The Morgan fingerprint density at radius 3 is 2.75 bits per heavy atom. The number of benzene rings is 1. The normalized spacial score (nSPS) is 23.8. The molecule has 1 saturated carbocycles. The number of aromatic nitrogens is 1. The van der Waals surface area contributed by atoms with E-state index >= 15 is 0 Å². The van der Waals surface area contributed by atoms with Gasteiger partial charge in [-0.2, -0.15) is 0 Å². The van der Waals surface area contributed by atoms with Gasteiger partial charge in [-0.1, -0.05) is 18.6 Å². The highest BCUT2D eigenvalue weighted by Crippen LogP contribution is 2.32. The summed E-state index contributed by atoms with van der Waals surface area (Å²) in [6.45, 7) is 1.93. The molecule has 2 heterocycles. The maximum atomic E-state index is 14.1. The van der Waals surface area contributed by atoms with Crippen LogP contribution in [0.2, 0.25) is 0 Å². The summed E-state index contributed by atoms with van der Waals surface area (Å²) in [7, 11) is -3.26. The zero-order valence-corrected chi connectivity index (χ0v) is 17.6. The molecule has 2 atom stereocenters. The van der Waals surface area contributed by atoms with Gasteiger partial charge in [0.05, 0.1) is 11.9 Å². The van der Waals surface area contributed by atoms with Crippen LogP contribution in [0.3, 0.4) is 0 Å². The first kappa shape index (κ1) is 19.9. The molecular formula is C20H26FN3O2S2. The van der Waals surface area contributed by atoms with Crippen LogP contribution in [0, 0.1) is 11.7 Å². The molecule has 1 N–H and O–H groups in total. The lowest BCUT2D eigenvalue weighted by atomic mass is 9.85. The van der Waals surface area contributed by atoms with Crippen molar-refractivity contribution in [1.29, 1.82) is 0 Å². The van der Waals surface area contributed by atoms with E-state index < -0.39 is 10.0 Å². The Hall–Kier alpha value is -1.35. The highest BCUT2D eigenvalue weighted by molar-refractivity contribution is 7.88. The Balaban J connectivity index is 1.52. The number of rotatable bonds is 7. The molecule has 1 saturated heterocycles. The molecule has 2 aliphatic rings. The van der Waals surface area contributed by atoms with Gasteiger partial charge in [0.25, 0.3) is 0 Å². The molecule has 0 bridgehead atoms. The molecule has 5 nitrogen and oxygen atoms in total. The first-order valence-electron chi connectivity index (χ1n) is 9.80.